The van der Waals surface area contributed by atoms with Gasteiger partial charge in [-0.25, -0.2) is 14.6 Å². The molecule has 2 aliphatic rings. The SMILES string of the molecule is CCC1=C(C(=O)O)C(c2ccc([N+](=O)[O-])cc2)N(N(C=O)CCCN2CCC(C(=O)OC)(c3ccccc3)CC2)C(=O)N1. The first-order valence-corrected chi connectivity index (χ1v) is 14.1. The van der Waals surface area contributed by atoms with E-state index >= 15 is 0 Å². The highest BCUT2D eigenvalue weighted by atomic mass is 16.6. The number of nitro groups is 1. The Labute approximate surface area is 248 Å². The third-order valence-electron chi connectivity index (χ3n) is 8.18. The number of carboxylic acids is 1. The van der Waals surface area contributed by atoms with Crippen LogP contribution >= 0.6 is 0 Å². The molecule has 2 aliphatic heterocycles. The molecule has 2 aromatic rings. The average Bonchev–Trinajstić information content (AvgIpc) is 3.03. The number of nitrogens with zero attached hydrogens (tertiary/aromatic N) is 4. The van der Waals surface area contributed by atoms with Crippen molar-refractivity contribution in [1.82, 2.24) is 20.2 Å². The number of carbonyl (C=O) groups excluding carboxylic acids is 3. The minimum atomic E-state index is -1.28. The topological polar surface area (TPSA) is 163 Å². The maximum atomic E-state index is 13.3. The van der Waals surface area contributed by atoms with Gasteiger partial charge in [0.25, 0.3) is 5.69 Å². The van der Waals surface area contributed by atoms with E-state index in [-0.39, 0.29) is 35.9 Å². The molecule has 13 nitrogen and oxygen atoms in total. The lowest BCUT2D eigenvalue weighted by atomic mass is 9.72. The number of benzene rings is 2. The van der Waals surface area contributed by atoms with Crippen molar-refractivity contribution in [2.45, 2.75) is 44.1 Å². The summed E-state index contributed by atoms with van der Waals surface area (Å²) in [5.41, 5.74) is 0.372. The third kappa shape index (κ3) is 6.36. The average molecular weight is 594 g/mol. The standard InChI is InChI=1S/C30H35N5O8/c1-3-24-25(27(37)38)26(21-10-12-23(13-11-21)35(41)42)34(29(40)31-24)33(20-36)17-7-16-32-18-14-30(15-19-32,28(39)43-2)22-8-5-4-6-9-22/h4-6,8-13,20,26H,3,7,14-19H2,1-2H3,(H,31,40)(H,37,38). The summed E-state index contributed by atoms with van der Waals surface area (Å²) >= 11 is 0. The van der Waals surface area contributed by atoms with Gasteiger partial charge in [-0.15, -0.1) is 0 Å². The number of nitrogens with one attached hydrogen (secondary N) is 1. The highest BCUT2D eigenvalue weighted by molar-refractivity contribution is 5.94. The number of piperidine rings is 1. The Morgan fingerprint density at radius 1 is 1.16 bits per heavy atom. The maximum absolute atomic E-state index is 13.3. The van der Waals surface area contributed by atoms with Crippen LogP contribution in [0.3, 0.4) is 0 Å². The number of allylic oxidation sites excluding steroid dienone is 1. The Balaban J connectivity index is 1.50. The van der Waals surface area contributed by atoms with Gasteiger partial charge in [0.05, 0.1) is 23.0 Å². The van der Waals surface area contributed by atoms with Crippen molar-refractivity contribution in [1.29, 1.82) is 0 Å². The van der Waals surface area contributed by atoms with Gasteiger partial charge in [0.15, 0.2) is 0 Å². The summed E-state index contributed by atoms with van der Waals surface area (Å²) in [6.07, 6.45) is 2.27. The van der Waals surface area contributed by atoms with Crippen LogP contribution in [0, 0.1) is 10.1 Å². The number of ether oxygens (including phenoxy) is 1. The Kier molecular flexibility index (Phi) is 9.76. The summed E-state index contributed by atoms with van der Waals surface area (Å²) < 4.78 is 5.17. The predicted octanol–water partition coefficient (Wildman–Crippen LogP) is 3.38. The van der Waals surface area contributed by atoms with Crippen LogP contribution < -0.4 is 5.32 Å². The smallest absolute Gasteiger partial charge is 0.341 e. The van der Waals surface area contributed by atoms with Gasteiger partial charge in [-0.1, -0.05) is 37.3 Å². The van der Waals surface area contributed by atoms with E-state index in [1.54, 1.807) is 6.92 Å². The van der Waals surface area contributed by atoms with E-state index in [0.717, 1.165) is 15.6 Å². The van der Waals surface area contributed by atoms with Crippen LogP contribution in [0.15, 0.2) is 65.9 Å². The number of carboxylic acid groups (broad SMARTS) is 1. The first-order valence-electron chi connectivity index (χ1n) is 14.1. The highest BCUT2D eigenvalue weighted by Gasteiger charge is 2.44. The largest absolute Gasteiger partial charge is 0.478 e. The fourth-order valence-electron chi connectivity index (χ4n) is 5.92. The summed E-state index contributed by atoms with van der Waals surface area (Å²) in [6, 6.07) is 12.9. The van der Waals surface area contributed by atoms with E-state index < -0.39 is 28.4 Å². The fourth-order valence-corrected chi connectivity index (χ4v) is 5.92. The number of rotatable bonds is 12. The van der Waals surface area contributed by atoms with Crippen molar-refractivity contribution >= 4 is 30.1 Å². The second-order valence-corrected chi connectivity index (χ2v) is 10.5. The molecule has 4 rings (SSSR count). The molecule has 0 aliphatic carbocycles. The maximum Gasteiger partial charge on any atom is 0.341 e. The molecular weight excluding hydrogens is 558 g/mol. The summed E-state index contributed by atoms with van der Waals surface area (Å²) in [6.45, 7) is 3.60. The molecule has 0 bridgehead atoms. The zero-order valence-corrected chi connectivity index (χ0v) is 24.1. The number of hydrogen-bond donors (Lipinski definition) is 2. The summed E-state index contributed by atoms with van der Waals surface area (Å²) in [4.78, 5) is 63.6. The molecule has 0 radical (unpaired) electrons. The summed E-state index contributed by atoms with van der Waals surface area (Å²) in [5, 5.41) is 26.1. The van der Waals surface area contributed by atoms with Crippen molar-refractivity contribution in [3.63, 3.8) is 0 Å². The van der Waals surface area contributed by atoms with E-state index in [1.807, 2.05) is 30.3 Å². The molecule has 2 aromatic carbocycles. The molecule has 0 spiro atoms. The van der Waals surface area contributed by atoms with Crippen molar-refractivity contribution in [2.75, 3.05) is 33.3 Å². The molecule has 43 heavy (non-hydrogen) atoms. The van der Waals surface area contributed by atoms with Crippen LogP contribution in [0.4, 0.5) is 10.5 Å². The van der Waals surface area contributed by atoms with Gasteiger partial charge >= 0.3 is 18.0 Å². The normalized spacial score (nSPS) is 18.5. The van der Waals surface area contributed by atoms with Gasteiger partial charge < -0.3 is 20.1 Å². The molecule has 0 saturated carbocycles. The number of amides is 3. The molecule has 1 saturated heterocycles. The quantitative estimate of drug-likeness (QED) is 0.163. The van der Waals surface area contributed by atoms with Crippen molar-refractivity contribution in [3.05, 3.63) is 87.1 Å². The van der Waals surface area contributed by atoms with Crippen LogP contribution in [0.2, 0.25) is 0 Å². The molecule has 1 atom stereocenters. The van der Waals surface area contributed by atoms with Crippen molar-refractivity contribution in [3.8, 4) is 0 Å². The van der Waals surface area contributed by atoms with E-state index in [0.29, 0.717) is 50.9 Å². The number of urea groups is 1. The summed E-state index contributed by atoms with van der Waals surface area (Å²) in [7, 11) is 1.39. The molecule has 228 valence electrons. The van der Waals surface area contributed by atoms with Gasteiger partial charge in [0.2, 0.25) is 6.41 Å². The molecule has 2 heterocycles. The molecular formula is C30H35N5O8. The monoisotopic (exact) mass is 593 g/mol. The van der Waals surface area contributed by atoms with Crippen LogP contribution in [0.5, 0.6) is 0 Å². The van der Waals surface area contributed by atoms with E-state index in [2.05, 4.69) is 10.2 Å². The predicted molar refractivity (Wildman–Crippen MR) is 154 cm³/mol. The number of nitro benzene ring substituents is 1. The number of esters is 1. The molecule has 0 aromatic heterocycles. The van der Waals surface area contributed by atoms with Gasteiger partial charge in [-0.3, -0.25) is 24.7 Å². The molecule has 1 fully saturated rings. The first kappa shape index (κ1) is 31.2. The summed E-state index contributed by atoms with van der Waals surface area (Å²) in [5.74, 6) is -1.55. The van der Waals surface area contributed by atoms with Crippen LogP contribution in [0.25, 0.3) is 0 Å². The van der Waals surface area contributed by atoms with Crippen LogP contribution in [0.1, 0.15) is 49.8 Å². The Morgan fingerprint density at radius 3 is 2.35 bits per heavy atom. The van der Waals surface area contributed by atoms with Gasteiger partial charge in [-0.05, 0) is 68.6 Å². The molecule has 2 N–H and O–H groups in total. The second kappa shape index (κ2) is 13.5. The minimum absolute atomic E-state index is 0.103. The number of aliphatic carboxylic acids is 1. The number of non-ortho nitro benzene ring substituents is 1. The number of carbonyl (C=O) groups is 4. The van der Waals surface area contributed by atoms with Crippen LogP contribution in [-0.2, 0) is 24.5 Å². The third-order valence-corrected chi connectivity index (χ3v) is 8.18. The Hall–Kier alpha value is -4.78. The van der Waals surface area contributed by atoms with Crippen LogP contribution in [-0.4, -0.2) is 82.6 Å². The van der Waals surface area contributed by atoms with Crippen molar-refractivity contribution < 1.29 is 33.9 Å². The zero-order chi connectivity index (χ0) is 31.1. The minimum Gasteiger partial charge on any atom is -0.478 e. The van der Waals surface area contributed by atoms with E-state index in [1.165, 1.54) is 31.4 Å². The lowest BCUT2D eigenvalue weighted by molar-refractivity contribution is -0.384. The van der Waals surface area contributed by atoms with E-state index in [4.69, 9.17) is 4.74 Å². The number of hydrazine groups is 1. The highest BCUT2D eigenvalue weighted by Crippen LogP contribution is 2.38. The van der Waals surface area contributed by atoms with Gasteiger partial charge in [0, 0.05) is 24.4 Å². The Morgan fingerprint density at radius 2 is 1.81 bits per heavy atom. The van der Waals surface area contributed by atoms with Crippen molar-refractivity contribution in [2.24, 2.45) is 0 Å². The second-order valence-electron chi connectivity index (χ2n) is 10.5. The lowest BCUT2D eigenvalue weighted by Gasteiger charge is -2.43. The number of methoxy groups -OCH3 is 1. The van der Waals surface area contributed by atoms with E-state index in [9.17, 15) is 34.4 Å². The molecule has 13 heteroatoms. The Bertz CT molecular complexity index is 1390. The molecule has 3 amide bonds. The number of likely N-dealkylation sites (tertiary alicyclic amines) is 1. The lowest BCUT2D eigenvalue weighted by Crippen LogP contribution is -2.56. The van der Waals surface area contributed by atoms with Gasteiger partial charge in [0.1, 0.15) is 6.04 Å². The fraction of sp³-hybridized carbons (Fsp3) is 0.400. The van der Waals surface area contributed by atoms with Gasteiger partial charge in [-0.2, -0.15) is 0 Å². The zero-order valence-electron chi connectivity index (χ0n) is 24.1. The number of hydrogen-bond acceptors (Lipinski definition) is 8. The first-order chi connectivity index (χ1) is 20.7. The molecule has 1 unspecified atom stereocenters.